The van der Waals surface area contributed by atoms with Gasteiger partial charge in [-0.1, -0.05) is 0 Å². The minimum Gasteiger partial charge on any atom is -0.444 e. The smallest absolute Gasteiger partial charge is 0.410 e. The Kier molecular flexibility index (Phi) is 3.08. The Hall–Kier alpha value is -1.03. The van der Waals surface area contributed by atoms with E-state index in [0.717, 1.165) is 13.0 Å². The van der Waals surface area contributed by atoms with Crippen molar-refractivity contribution in [3.05, 3.63) is 21.9 Å². The number of rotatable bonds is 1. The maximum absolute atomic E-state index is 12.4. The van der Waals surface area contributed by atoms with E-state index < -0.39 is 5.60 Å². The molecule has 0 bridgehead atoms. The van der Waals surface area contributed by atoms with Gasteiger partial charge in [-0.05, 0) is 63.0 Å². The molecule has 0 radical (unpaired) electrons. The second-order valence-corrected chi connectivity index (χ2v) is 7.46. The van der Waals surface area contributed by atoms with Gasteiger partial charge in [0.15, 0.2) is 0 Å². The molecule has 2 aliphatic rings. The van der Waals surface area contributed by atoms with Crippen LogP contribution in [-0.2, 0) is 11.2 Å². The molecule has 0 aromatic carbocycles. The molecule has 3 nitrogen and oxygen atoms in total. The van der Waals surface area contributed by atoms with Crippen LogP contribution in [0.1, 0.15) is 50.1 Å². The molecule has 0 spiro atoms. The van der Waals surface area contributed by atoms with E-state index in [1.807, 2.05) is 25.7 Å². The second-order valence-electron chi connectivity index (χ2n) is 6.52. The molecular formula is C15H21NO2S. The topological polar surface area (TPSA) is 29.5 Å². The predicted molar refractivity (Wildman–Crippen MR) is 76.4 cm³/mol. The van der Waals surface area contributed by atoms with Crippen LogP contribution >= 0.6 is 11.3 Å². The third-order valence-corrected chi connectivity index (χ3v) is 4.73. The third-order valence-electron chi connectivity index (χ3n) is 3.70. The summed E-state index contributed by atoms with van der Waals surface area (Å²) in [4.78, 5) is 15.7. The molecule has 1 atom stereocenters. The van der Waals surface area contributed by atoms with Gasteiger partial charge in [0.2, 0.25) is 0 Å². The van der Waals surface area contributed by atoms with Crippen LogP contribution in [0.3, 0.4) is 0 Å². The van der Waals surface area contributed by atoms with Gasteiger partial charge in [0, 0.05) is 11.4 Å². The maximum atomic E-state index is 12.4. The van der Waals surface area contributed by atoms with E-state index in [1.54, 1.807) is 11.3 Å². The lowest BCUT2D eigenvalue weighted by atomic mass is 9.98. The summed E-state index contributed by atoms with van der Waals surface area (Å²) < 4.78 is 5.57. The largest absolute Gasteiger partial charge is 0.444 e. The molecule has 0 N–H and O–H groups in total. The number of hydrogen-bond acceptors (Lipinski definition) is 3. The fourth-order valence-corrected chi connectivity index (χ4v) is 3.90. The zero-order chi connectivity index (χ0) is 13.6. The Labute approximate surface area is 118 Å². The van der Waals surface area contributed by atoms with Gasteiger partial charge >= 0.3 is 6.09 Å². The van der Waals surface area contributed by atoms with Crippen molar-refractivity contribution < 1.29 is 9.53 Å². The van der Waals surface area contributed by atoms with Crippen molar-refractivity contribution >= 4 is 17.4 Å². The zero-order valence-electron chi connectivity index (χ0n) is 11.8. The molecular weight excluding hydrogens is 258 g/mol. The molecule has 1 amide bonds. The van der Waals surface area contributed by atoms with Gasteiger partial charge < -0.3 is 4.74 Å². The van der Waals surface area contributed by atoms with Gasteiger partial charge in [0.25, 0.3) is 0 Å². The third kappa shape index (κ3) is 2.64. The summed E-state index contributed by atoms with van der Waals surface area (Å²) in [6.07, 6.45) is 3.28. The first-order valence-electron chi connectivity index (χ1n) is 7.01. The van der Waals surface area contributed by atoms with E-state index in [-0.39, 0.29) is 12.1 Å². The summed E-state index contributed by atoms with van der Waals surface area (Å²) >= 11 is 1.79. The number of ether oxygens (including phenoxy) is 1. The van der Waals surface area contributed by atoms with Crippen LogP contribution in [0.25, 0.3) is 0 Å². The monoisotopic (exact) mass is 279 g/mol. The van der Waals surface area contributed by atoms with Gasteiger partial charge in [0.1, 0.15) is 5.60 Å². The molecule has 1 aromatic rings. The highest BCUT2D eigenvalue weighted by Crippen LogP contribution is 2.49. The number of fused-ring (bicyclic) bond motifs is 1. The van der Waals surface area contributed by atoms with E-state index in [4.69, 9.17) is 4.74 Å². The van der Waals surface area contributed by atoms with Crippen LogP contribution in [0.15, 0.2) is 11.4 Å². The minimum atomic E-state index is -0.416. The normalized spacial score (nSPS) is 23.1. The summed E-state index contributed by atoms with van der Waals surface area (Å²) in [5.74, 6) is 0.644. The molecule has 1 aliphatic carbocycles. The SMILES string of the molecule is CC(C)(C)OC(=O)N1CCc2ccsc2C1C1CC1. The van der Waals surface area contributed by atoms with Crippen molar-refractivity contribution in [1.82, 2.24) is 4.90 Å². The van der Waals surface area contributed by atoms with E-state index >= 15 is 0 Å². The van der Waals surface area contributed by atoms with Gasteiger partial charge in [-0.15, -0.1) is 11.3 Å². The van der Waals surface area contributed by atoms with E-state index in [2.05, 4.69) is 11.4 Å². The molecule has 3 rings (SSSR count). The van der Waals surface area contributed by atoms with Crippen molar-refractivity contribution in [1.29, 1.82) is 0 Å². The average molecular weight is 279 g/mol. The second kappa shape index (κ2) is 4.51. The molecule has 1 saturated carbocycles. The first-order chi connectivity index (χ1) is 8.96. The molecule has 1 fully saturated rings. The molecule has 1 unspecified atom stereocenters. The van der Waals surface area contributed by atoms with Crippen LogP contribution in [0, 0.1) is 5.92 Å². The minimum absolute atomic E-state index is 0.150. The Morgan fingerprint density at radius 2 is 2.16 bits per heavy atom. The summed E-state index contributed by atoms with van der Waals surface area (Å²) in [6.45, 7) is 6.58. The average Bonchev–Trinajstić information content (AvgIpc) is 3.02. The Balaban J connectivity index is 1.84. The standard InChI is InChI=1S/C15H21NO2S/c1-15(2,3)18-14(17)16-8-6-11-7-9-19-13(11)12(16)10-4-5-10/h7,9-10,12H,4-6,8H2,1-3H3. The zero-order valence-corrected chi connectivity index (χ0v) is 12.6. The molecule has 19 heavy (non-hydrogen) atoms. The lowest BCUT2D eigenvalue weighted by Gasteiger charge is -2.37. The van der Waals surface area contributed by atoms with Crippen molar-refractivity contribution in [2.24, 2.45) is 5.92 Å². The first kappa shape index (κ1) is 13.0. The summed E-state index contributed by atoms with van der Waals surface area (Å²) in [6, 6.07) is 2.47. The van der Waals surface area contributed by atoms with Crippen LogP contribution in [-0.4, -0.2) is 23.1 Å². The van der Waals surface area contributed by atoms with Gasteiger partial charge in [-0.3, -0.25) is 4.90 Å². The van der Waals surface area contributed by atoms with Crippen LogP contribution in [0.2, 0.25) is 0 Å². The highest BCUT2D eigenvalue weighted by molar-refractivity contribution is 7.10. The Morgan fingerprint density at radius 1 is 1.42 bits per heavy atom. The van der Waals surface area contributed by atoms with Crippen molar-refractivity contribution in [2.45, 2.75) is 51.7 Å². The number of hydrogen-bond donors (Lipinski definition) is 0. The van der Waals surface area contributed by atoms with Gasteiger partial charge in [-0.25, -0.2) is 4.79 Å². The fraction of sp³-hybridized carbons (Fsp3) is 0.667. The van der Waals surface area contributed by atoms with Gasteiger partial charge in [-0.2, -0.15) is 0 Å². The van der Waals surface area contributed by atoms with Crippen LogP contribution in [0.5, 0.6) is 0 Å². The maximum Gasteiger partial charge on any atom is 0.410 e. The Bertz CT molecular complexity index is 485. The van der Waals surface area contributed by atoms with E-state index in [0.29, 0.717) is 5.92 Å². The molecule has 4 heteroatoms. The number of carbonyl (C=O) groups is 1. The van der Waals surface area contributed by atoms with Crippen LogP contribution < -0.4 is 0 Å². The number of carbonyl (C=O) groups excluding carboxylic acids is 1. The molecule has 104 valence electrons. The number of nitrogens with zero attached hydrogens (tertiary/aromatic N) is 1. The van der Waals surface area contributed by atoms with E-state index in [1.165, 1.54) is 23.3 Å². The quantitative estimate of drug-likeness (QED) is 0.778. The molecule has 2 heterocycles. The number of amides is 1. The molecule has 1 aromatic heterocycles. The lowest BCUT2D eigenvalue weighted by Crippen LogP contribution is -2.43. The fourth-order valence-electron chi connectivity index (χ4n) is 2.74. The summed E-state index contributed by atoms with van der Waals surface area (Å²) in [7, 11) is 0. The number of thiophene rings is 1. The van der Waals surface area contributed by atoms with Gasteiger partial charge in [0.05, 0.1) is 6.04 Å². The predicted octanol–water partition coefficient (Wildman–Crippen LogP) is 3.99. The van der Waals surface area contributed by atoms with E-state index in [9.17, 15) is 4.79 Å². The highest BCUT2D eigenvalue weighted by atomic mass is 32.1. The van der Waals surface area contributed by atoms with Crippen molar-refractivity contribution in [3.8, 4) is 0 Å². The summed E-state index contributed by atoms with van der Waals surface area (Å²) in [5, 5.41) is 2.15. The lowest BCUT2D eigenvalue weighted by molar-refractivity contribution is 0.0122. The molecule has 0 saturated heterocycles. The van der Waals surface area contributed by atoms with Crippen LogP contribution in [0.4, 0.5) is 4.79 Å². The van der Waals surface area contributed by atoms with Crippen molar-refractivity contribution in [3.63, 3.8) is 0 Å². The molecule has 1 aliphatic heterocycles. The van der Waals surface area contributed by atoms with Crippen molar-refractivity contribution in [2.75, 3.05) is 6.54 Å². The first-order valence-corrected chi connectivity index (χ1v) is 7.89. The highest BCUT2D eigenvalue weighted by Gasteiger charge is 2.43. The Morgan fingerprint density at radius 3 is 2.79 bits per heavy atom. The summed E-state index contributed by atoms with van der Waals surface area (Å²) in [5.41, 5.74) is 1.02.